The Morgan fingerprint density at radius 1 is 1.14 bits per heavy atom. The molecule has 0 saturated heterocycles. The summed E-state index contributed by atoms with van der Waals surface area (Å²) in [5, 5.41) is 26.3. The van der Waals surface area contributed by atoms with Gasteiger partial charge in [0, 0.05) is 18.7 Å². The summed E-state index contributed by atoms with van der Waals surface area (Å²) in [6.07, 6.45) is 0.616. The number of nitrogens with one attached hydrogen (secondary N) is 2. The molecule has 3 aromatic rings. The number of carbonyl (C=O) groups excluding carboxylic acids is 2. The molecule has 1 aromatic heterocycles. The van der Waals surface area contributed by atoms with Crippen LogP contribution in [0.1, 0.15) is 49.4 Å². The van der Waals surface area contributed by atoms with E-state index in [0.29, 0.717) is 34.5 Å². The molecular weight excluding hydrogens is 539 g/mol. The molecule has 10 nitrogen and oxygen atoms in total. The van der Waals surface area contributed by atoms with Crippen LogP contribution in [0.15, 0.2) is 47.6 Å². The van der Waals surface area contributed by atoms with E-state index in [4.69, 9.17) is 23.2 Å². The van der Waals surface area contributed by atoms with Crippen molar-refractivity contribution in [3.63, 3.8) is 0 Å². The van der Waals surface area contributed by atoms with Gasteiger partial charge in [-0.3, -0.25) is 19.7 Å². The van der Waals surface area contributed by atoms with Crippen LogP contribution >= 0.6 is 35.0 Å². The third-order valence-electron chi connectivity index (χ3n) is 5.27. The largest absolute Gasteiger partial charge is 0.342 e. The zero-order valence-corrected chi connectivity index (χ0v) is 22.7. The van der Waals surface area contributed by atoms with E-state index in [1.165, 1.54) is 18.2 Å². The smallest absolute Gasteiger partial charge is 0.271 e. The topological polar surface area (TPSA) is 132 Å². The van der Waals surface area contributed by atoms with Crippen LogP contribution < -0.4 is 10.6 Å². The highest BCUT2D eigenvalue weighted by Crippen LogP contribution is 2.28. The van der Waals surface area contributed by atoms with Gasteiger partial charge >= 0.3 is 0 Å². The van der Waals surface area contributed by atoms with Crippen molar-refractivity contribution in [3.05, 3.63) is 74.0 Å². The predicted molar refractivity (Wildman–Crippen MR) is 144 cm³/mol. The molecule has 0 fully saturated rings. The number of non-ortho nitro benzene ring substituents is 1. The monoisotopic (exact) mass is 564 g/mol. The Morgan fingerprint density at radius 2 is 1.86 bits per heavy atom. The zero-order chi connectivity index (χ0) is 27.1. The van der Waals surface area contributed by atoms with Crippen LogP contribution in [-0.4, -0.2) is 37.3 Å². The van der Waals surface area contributed by atoms with Crippen molar-refractivity contribution in [2.24, 2.45) is 5.92 Å². The summed E-state index contributed by atoms with van der Waals surface area (Å²) >= 11 is 13.4. The SMILES string of the molecule is CCn1c(SCC(=O)Nc2cc([N+](=O)[O-])ccc2Cl)nnc1[C@H](CC(C)C)NC(=O)c1ccccc1Cl. The van der Waals surface area contributed by atoms with Crippen LogP contribution in [0.2, 0.25) is 10.0 Å². The molecule has 13 heteroatoms. The summed E-state index contributed by atoms with van der Waals surface area (Å²) in [5.74, 6) is 0.0638. The van der Waals surface area contributed by atoms with Crippen LogP contribution in [0.3, 0.4) is 0 Å². The van der Waals surface area contributed by atoms with Gasteiger partial charge < -0.3 is 15.2 Å². The molecule has 196 valence electrons. The highest BCUT2D eigenvalue weighted by atomic mass is 35.5. The number of halogens is 2. The number of nitro groups is 1. The quantitative estimate of drug-likeness (QED) is 0.172. The number of anilines is 1. The fourth-order valence-electron chi connectivity index (χ4n) is 3.58. The molecule has 2 amide bonds. The van der Waals surface area contributed by atoms with E-state index in [1.54, 1.807) is 24.3 Å². The van der Waals surface area contributed by atoms with Crippen LogP contribution in [0.25, 0.3) is 0 Å². The van der Waals surface area contributed by atoms with Crippen LogP contribution in [-0.2, 0) is 11.3 Å². The Hall–Kier alpha value is -3.15. The third kappa shape index (κ3) is 7.43. The number of carbonyl (C=O) groups is 2. The first-order chi connectivity index (χ1) is 17.6. The fraction of sp³-hybridized carbons (Fsp3) is 0.333. The highest BCUT2D eigenvalue weighted by molar-refractivity contribution is 7.99. The molecule has 0 aliphatic rings. The normalized spacial score (nSPS) is 11.8. The number of hydrogen-bond acceptors (Lipinski definition) is 7. The van der Waals surface area contributed by atoms with Crippen molar-refractivity contribution in [2.45, 2.75) is 44.9 Å². The Labute approximate surface area is 228 Å². The van der Waals surface area contributed by atoms with Crippen molar-refractivity contribution in [2.75, 3.05) is 11.1 Å². The molecule has 1 heterocycles. The first kappa shape index (κ1) is 28.4. The average Bonchev–Trinajstić information content (AvgIpc) is 3.26. The number of rotatable bonds is 11. The molecule has 0 unspecified atom stereocenters. The van der Waals surface area contributed by atoms with Gasteiger partial charge in [-0.05, 0) is 37.5 Å². The molecular formula is C24H26Cl2N6O4S. The number of amides is 2. The van der Waals surface area contributed by atoms with Crippen molar-refractivity contribution in [3.8, 4) is 0 Å². The lowest BCUT2D eigenvalue weighted by Gasteiger charge is -2.21. The lowest BCUT2D eigenvalue weighted by molar-refractivity contribution is -0.384. The van der Waals surface area contributed by atoms with E-state index in [-0.39, 0.29) is 34.0 Å². The second-order valence-corrected chi connectivity index (χ2v) is 10.2. The maximum atomic E-state index is 13.0. The number of nitrogens with zero attached hydrogens (tertiary/aromatic N) is 4. The molecule has 1 atom stereocenters. The van der Waals surface area contributed by atoms with Gasteiger partial charge in [0.25, 0.3) is 11.6 Å². The van der Waals surface area contributed by atoms with E-state index >= 15 is 0 Å². The molecule has 2 N–H and O–H groups in total. The van der Waals surface area contributed by atoms with E-state index in [1.807, 2.05) is 25.3 Å². The summed E-state index contributed by atoms with van der Waals surface area (Å²) < 4.78 is 1.85. The van der Waals surface area contributed by atoms with E-state index in [2.05, 4.69) is 20.8 Å². The molecule has 2 aromatic carbocycles. The zero-order valence-electron chi connectivity index (χ0n) is 20.4. The van der Waals surface area contributed by atoms with Crippen molar-refractivity contribution >= 4 is 58.2 Å². The molecule has 0 saturated carbocycles. The standard InChI is InChI=1S/C24H26Cl2N6O4S/c1-4-31-22(20(11-14(2)3)28-23(34)16-7-5-6-8-17(16)25)29-30-24(31)37-13-21(33)27-19-12-15(32(35)36)9-10-18(19)26/h5-10,12,14,20H,4,11,13H2,1-3H3,(H,27,33)(H,28,34)/t20-/m0/s1. The number of aromatic nitrogens is 3. The maximum absolute atomic E-state index is 13.0. The Balaban J connectivity index is 1.75. The minimum absolute atomic E-state index is 0.0298. The second kappa shape index (κ2) is 12.9. The number of thioether (sulfide) groups is 1. The lowest BCUT2D eigenvalue weighted by Crippen LogP contribution is -2.31. The third-order valence-corrected chi connectivity index (χ3v) is 6.90. The number of hydrogen-bond donors (Lipinski definition) is 2. The Bertz CT molecular complexity index is 1300. The molecule has 3 rings (SSSR count). The molecule has 0 radical (unpaired) electrons. The average molecular weight is 565 g/mol. The van der Waals surface area contributed by atoms with Crippen molar-refractivity contribution in [1.82, 2.24) is 20.1 Å². The van der Waals surface area contributed by atoms with Gasteiger partial charge in [0.15, 0.2) is 11.0 Å². The minimum Gasteiger partial charge on any atom is -0.342 e. The van der Waals surface area contributed by atoms with Crippen molar-refractivity contribution in [1.29, 1.82) is 0 Å². The van der Waals surface area contributed by atoms with Gasteiger partial charge in [-0.15, -0.1) is 10.2 Å². The molecule has 0 aliphatic heterocycles. The van der Waals surface area contributed by atoms with Gasteiger partial charge in [0.1, 0.15) is 0 Å². The summed E-state index contributed by atoms with van der Waals surface area (Å²) in [6, 6.07) is 10.2. The molecule has 0 aliphatic carbocycles. The predicted octanol–water partition coefficient (Wildman–Crippen LogP) is 5.76. The van der Waals surface area contributed by atoms with Gasteiger partial charge in [-0.25, -0.2) is 0 Å². The summed E-state index contributed by atoms with van der Waals surface area (Å²) in [6.45, 7) is 6.52. The Morgan fingerprint density at radius 3 is 2.51 bits per heavy atom. The fourth-order valence-corrected chi connectivity index (χ4v) is 4.78. The van der Waals surface area contributed by atoms with Crippen molar-refractivity contribution < 1.29 is 14.5 Å². The van der Waals surface area contributed by atoms with Gasteiger partial charge in [0.2, 0.25) is 5.91 Å². The molecule has 0 bridgehead atoms. The van der Waals surface area contributed by atoms with Crippen LogP contribution in [0.4, 0.5) is 11.4 Å². The van der Waals surface area contributed by atoms with Gasteiger partial charge in [-0.1, -0.05) is 60.9 Å². The van der Waals surface area contributed by atoms with E-state index < -0.39 is 16.9 Å². The van der Waals surface area contributed by atoms with Gasteiger partial charge in [0.05, 0.1) is 38.0 Å². The molecule has 37 heavy (non-hydrogen) atoms. The van der Waals surface area contributed by atoms with Crippen LogP contribution in [0, 0.1) is 16.0 Å². The van der Waals surface area contributed by atoms with Gasteiger partial charge in [-0.2, -0.15) is 0 Å². The number of benzene rings is 2. The summed E-state index contributed by atoms with van der Waals surface area (Å²) in [7, 11) is 0. The Kier molecular flexibility index (Phi) is 9.90. The second-order valence-electron chi connectivity index (χ2n) is 8.48. The maximum Gasteiger partial charge on any atom is 0.271 e. The first-order valence-electron chi connectivity index (χ1n) is 11.5. The molecule has 0 spiro atoms. The highest BCUT2D eigenvalue weighted by Gasteiger charge is 2.25. The van der Waals surface area contributed by atoms with Crippen LogP contribution in [0.5, 0.6) is 0 Å². The summed E-state index contributed by atoms with van der Waals surface area (Å²) in [4.78, 5) is 36.0. The number of nitro benzene ring substituents is 1. The minimum atomic E-state index is -0.565. The van der Waals surface area contributed by atoms with E-state index in [9.17, 15) is 19.7 Å². The first-order valence-corrected chi connectivity index (χ1v) is 13.2. The van der Waals surface area contributed by atoms with E-state index in [0.717, 1.165) is 11.8 Å². The summed E-state index contributed by atoms with van der Waals surface area (Å²) in [5.41, 5.74) is 0.336. The lowest BCUT2D eigenvalue weighted by atomic mass is 10.0.